The average molecular weight is 167 g/mol. The number of amidine groups is 1. The monoisotopic (exact) mass is 167 g/mol. The summed E-state index contributed by atoms with van der Waals surface area (Å²) in [4.78, 5) is 3.25. The van der Waals surface area contributed by atoms with Crippen LogP contribution in [-0.2, 0) is 4.74 Å². The quantitative estimate of drug-likeness (QED) is 0.488. The van der Waals surface area contributed by atoms with Crippen LogP contribution in [0.2, 0.25) is 0 Å². The molecule has 0 aromatic heterocycles. The summed E-state index contributed by atoms with van der Waals surface area (Å²) in [6, 6.07) is 0. The summed E-state index contributed by atoms with van der Waals surface area (Å²) in [7, 11) is 0. The van der Waals surface area contributed by atoms with Crippen molar-refractivity contribution in [2.45, 2.75) is 12.0 Å². The van der Waals surface area contributed by atoms with Crippen LogP contribution in [0.3, 0.4) is 0 Å². The number of hydrazine groups is 1. The van der Waals surface area contributed by atoms with E-state index in [1.165, 1.54) is 0 Å². The van der Waals surface area contributed by atoms with Crippen molar-refractivity contribution >= 4 is 5.84 Å². The van der Waals surface area contributed by atoms with Crippen molar-refractivity contribution in [3.05, 3.63) is 0 Å². The molecule has 1 spiro atoms. The van der Waals surface area contributed by atoms with Gasteiger partial charge in [-0.05, 0) is 0 Å². The van der Waals surface area contributed by atoms with Gasteiger partial charge in [-0.2, -0.15) is 18.6 Å². The Hall–Kier alpha value is -0.820. The maximum absolute atomic E-state index is 11.8. The molecule has 2 aliphatic heterocycles. The molecule has 11 heavy (non-hydrogen) atoms. The number of ether oxygens (including phenoxy) is 1. The van der Waals surface area contributed by atoms with Gasteiger partial charge in [0.05, 0.1) is 0 Å². The number of alkyl halides is 3. The highest BCUT2D eigenvalue weighted by Crippen LogP contribution is 2.30. The summed E-state index contributed by atoms with van der Waals surface area (Å²) in [5.41, 5.74) is 4.17. The number of halogens is 3. The van der Waals surface area contributed by atoms with E-state index in [2.05, 4.69) is 15.2 Å². The van der Waals surface area contributed by atoms with E-state index in [0.29, 0.717) is 0 Å². The van der Waals surface area contributed by atoms with E-state index in [9.17, 15) is 13.2 Å². The Morgan fingerprint density at radius 1 is 1.55 bits per heavy atom. The van der Waals surface area contributed by atoms with Crippen LogP contribution in [0.4, 0.5) is 13.2 Å². The molecule has 0 bridgehead atoms. The number of hydrogen-bond acceptors (Lipinski definition) is 4. The molecular weight excluding hydrogens is 163 g/mol. The van der Waals surface area contributed by atoms with E-state index in [0.717, 1.165) is 0 Å². The molecule has 4 nitrogen and oxygen atoms in total. The molecule has 1 saturated heterocycles. The van der Waals surface area contributed by atoms with Crippen molar-refractivity contribution in [1.29, 1.82) is 0 Å². The summed E-state index contributed by atoms with van der Waals surface area (Å²) < 4.78 is 40.2. The summed E-state index contributed by atoms with van der Waals surface area (Å²) in [6.07, 6.45) is -4.43. The van der Waals surface area contributed by atoms with Gasteiger partial charge in [0, 0.05) is 0 Å². The lowest BCUT2D eigenvalue weighted by molar-refractivity contribution is -0.0614. The van der Waals surface area contributed by atoms with E-state index in [-0.39, 0.29) is 6.61 Å². The SMILES string of the molecule is FC(F)(F)C1=NC2(CO2)NN1. The van der Waals surface area contributed by atoms with Gasteiger partial charge in [-0.1, -0.05) is 0 Å². The van der Waals surface area contributed by atoms with Gasteiger partial charge in [0.2, 0.25) is 5.84 Å². The van der Waals surface area contributed by atoms with Crippen molar-refractivity contribution in [1.82, 2.24) is 10.9 Å². The molecule has 0 amide bonds. The smallest absolute Gasteiger partial charge is 0.331 e. The summed E-state index contributed by atoms with van der Waals surface area (Å²) in [6.45, 7) is 0.180. The Bertz CT molecular complexity index is 219. The molecule has 2 heterocycles. The highest BCUT2D eigenvalue weighted by Gasteiger charge is 2.53. The lowest BCUT2D eigenvalue weighted by atomic mass is 10.6. The maximum Gasteiger partial charge on any atom is 0.450 e. The van der Waals surface area contributed by atoms with Gasteiger partial charge in [0.25, 0.3) is 5.85 Å². The van der Waals surface area contributed by atoms with Crippen molar-refractivity contribution < 1.29 is 17.9 Å². The first-order valence-electron chi connectivity index (χ1n) is 2.86. The first-order valence-corrected chi connectivity index (χ1v) is 2.86. The van der Waals surface area contributed by atoms with Gasteiger partial charge in [0.1, 0.15) is 6.61 Å². The Kier molecular flexibility index (Phi) is 1.04. The van der Waals surface area contributed by atoms with Gasteiger partial charge in [-0.25, -0.2) is 4.99 Å². The Morgan fingerprint density at radius 3 is 2.45 bits per heavy atom. The molecule has 0 aromatic rings. The zero-order valence-electron chi connectivity index (χ0n) is 5.20. The first-order chi connectivity index (χ1) is 5.02. The average Bonchev–Trinajstić information content (AvgIpc) is 2.38. The van der Waals surface area contributed by atoms with Crippen LogP contribution in [0.25, 0.3) is 0 Å². The van der Waals surface area contributed by atoms with Gasteiger partial charge >= 0.3 is 6.18 Å². The van der Waals surface area contributed by atoms with Crippen LogP contribution in [0, 0.1) is 0 Å². The molecule has 0 aliphatic carbocycles. The van der Waals surface area contributed by atoms with E-state index in [4.69, 9.17) is 0 Å². The molecule has 2 aliphatic rings. The minimum Gasteiger partial charge on any atom is -0.331 e. The molecule has 2 N–H and O–H groups in total. The number of nitrogens with zero attached hydrogens (tertiary/aromatic N) is 1. The topological polar surface area (TPSA) is 49.0 Å². The van der Waals surface area contributed by atoms with Crippen LogP contribution in [-0.4, -0.2) is 24.5 Å². The van der Waals surface area contributed by atoms with Crippen LogP contribution in [0.15, 0.2) is 4.99 Å². The third kappa shape index (κ3) is 1.05. The first kappa shape index (κ1) is 6.86. The van der Waals surface area contributed by atoms with E-state index in [1.807, 2.05) is 5.43 Å². The number of hydrogen-bond donors (Lipinski definition) is 2. The fraction of sp³-hybridized carbons (Fsp3) is 0.750. The Morgan fingerprint density at radius 2 is 2.18 bits per heavy atom. The van der Waals surface area contributed by atoms with Crippen LogP contribution < -0.4 is 10.9 Å². The van der Waals surface area contributed by atoms with Gasteiger partial charge in [-0.3, -0.25) is 5.43 Å². The van der Waals surface area contributed by atoms with Crippen molar-refractivity contribution in [3.63, 3.8) is 0 Å². The molecule has 7 heteroatoms. The van der Waals surface area contributed by atoms with E-state index in [1.54, 1.807) is 0 Å². The molecule has 1 unspecified atom stereocenters. The molecule has 1 atom stereocenters. The second-order valence-electron chi connectivity index (χ2n) is 2.28. The molecule has 1 fully saturated rings. The highest BCUT2D eigenvalue weighted by atomic mass is 19.4. The van der Waals surface area contributed by atoms with Crippen molar-refractivity contribution in [2.24, 2.45) is 4.99 Å². The normalized spacial score (nSPS) is 35.4. The fourth-order valence-electron chi connectivity index (χ4n) is 0.733. The maximum atomic E-state index is 11.8. The minimum absolute atomic E-state index is 0.180. The third-order valence-corrected chi connectivity index (χ3v) is 1.35. The van der Waals surface area contributed by atoms with Crippen LogP contribution in [0.1, 0.15) is 0 Å². The van der Waals surface area contributed by atoms with E-state index >= 15 is 0 Å². The second-order valence-corrected chi connectivity index (χ2v) is 2.28. The zero-order valence-corrected chi connectivity index (χ0v) is 5.20. The Labute approximate surface area is 59.4 Å². The Balaban J connectivity index is 2.17. The predicted octanol–water partition coefficient (Wildman–Crippen LogP) is -0.261. The number of aliphatic imine (C=N–C) groups is 1. The number of epoxide rings is 1. The fourth-order valence-corrected chi connectivity index (χ4v) is 0.733. The van der Waals surface area contributed by atoms with Gasteiger partial charge in [0.15, 0.2) is 0 Å². The van der Waals surface area contributed by atoms with Gasteiger partial charge < -0.3 is 4.74 Å². The van der Waals surface area contributed by atoms with Crippen LogP contribution in [0.5, 0.6) is 0 Å². The lowest BCUT2D eigenvalue weighted by Gasteiger charge is -2.03. The summed E-state index contributed by atoms with van der Waals surface area (Å²) in [5, 5.41) is 0. The second kappa shape index (κ2) is 1.67. The summed E-state index contributed by atoms with van der Waals surface area (Å²) in [5.74, 6) is -2.15. The molecule has 0 aromatic carbocycles. The van der Waals surface area contributed by atoms with Crippen molar-refractivity contribution in [3.8, 4) is 0 Å². The van der Waals surface area contributed by atoms with Crippen molar-refractivity contribution in [2.75, 3.05) is 6.61 Å². The minimum atomic E-state index is -4.43. The molecule has 0 radical (unpaired) electrons. The predicted molar refractivity (Wildman–Crippen MR) is 28.4 cm³/mol. The standard InChI is InChI=1S/C4H4F3N3O/c5-4(6,7)2-8-3(1-11-3)10-9-2/h10H,1H2,(H,8,9). The van der Waals surface area contributed by atoms with Crippen LogP contribution >= 0.6 is 0 Å². The van der Waals surface area contributed by atoms with Gasteiger partial charge in [-0.15, -0.1) is 0 Å². The molecule has 2 rings (SSSR count). The zero-order chi connectivity index (χ0) is 8.11. The largest absolute Gasteiger partial charge is 0.450 e. The number of nitrogens with one attached hydrogen (secondary N) is 2. The molecule has 0 saturated carbocycles. The highest BCUT2D eigenvalue weighted by molar-refractivity contribution is 5.88. The third-order valence-electron chi connectivity index (χ3n) is 1.35. The number of rotatable bonds is 0. The molecule has 62 valence electrons. The molecular formula is C4H4F3N3O. The van der Waals surface area contributed by atoms with E-state index < -0.39 is 17.9 Å². The summed E-state index contributed by atoms with van der Waals surface area (Å²) >= 11 is 0. The lowest BCUT2D eigenvalue weighted by Crippen LogP contribution is -2.42.